The fourth-order valence-electron chi connectivity index (χ4n) is 4.17. The highest BCUT2D eigenvalue weighted by Crippen LogP contribution is 2.08. The summed E-state index contributed by atoms with van der Waals surface area (Å²) < 4.78 is 0. The molecule has 7 atom stereocenters. The number of carbonyl (C=O) groups excluding carboxylic acids is 6. The molecule has 0 radical (unpaired) electrons. The van der Waals surface area contributed by atoms with Gasteiger partial charge in [0, 0.05) is 12.8 Å². The van der Waals surface area contributed by atoms with Gasteiger partial charge in [-0.2, -0.15) is 0 Å². The van der Waals surface area contributed by atoms with Crippen LogP contribution in [-0.4, -0.2) is 123 Å². The molecular formula is C28H50N8O12. The van der Waals surface area contributed by atoms with Crippen LogP contribution in [0.3, 0.4) is 0 Å². The van der Waals surface area contributed by atoms with E-state index < -0.39 is 115 Å². The summed E-state index contributed by atoms with van der Waals surface area (Å²) in [6.45, 7) is 3.48. The van der Waals surface area contributed by atoms with Crippen LogP contribution in [0.5, 0.6) is 0 Å². The van der Waals surface area contributed by atoms with Crippen LogP contribution in [0.2, 0.25) is 0 Å². The van der Waals surface area contributed by atoms with Crippen molar-refractivity contribution in [3.05, 3.63) is 0 Å². The molecule has 0 saturated carbocycles. The van der Waals surface area contributed by atoms with Crippen LogP contribution in [0, 0.1) is 5.92 Å². The lowest BCUT2D eigenvalue weighted by molar-refractivity contribution is -0.145. The zero-order valence-corrected chi connectivity index (χ0v) is 27.3. The van der Waals surface area contributed by atoms with Gasteiger partial charge in [0.15, 0.2) is 6.04 Å². The number of unbranched alkanes of at least 4 members (excludes halogenated alkanes) is 1. The monoisotopic (exact) mass is 690 g/mol. The van der Waals surface area contributed by atoms with E-state index in [1.54, 1.807) is 0 Å². The highest BCUT2D eigenvalue weighted by molar-refractivity contribution is 5.96. The minimum absolute atomic E-state index is 0.0751. The third kappa shape index (κ3) is 16.4. The summed E-state index contributed by atoms with van der Waals surface area (Å²) in [5.74, 6) is -9.02. The fourth-order valence-corrected chi connectivity index (χ4v) is 4.17. The molecule has 20 heteroatoms. The molecule has 0 rings (SSSR count). The van der Waals surface area contributed by atoms with Crippen molar-refractivity contribution in [3.63, 3.8) is 0 Å². The van der Waals surface area contributed by atoms with Crippen molar-refractivity contribution < 1.29 is 58.8 Å². The highest BCUT2D eigenvalue weighted by atomic mass is 16.4. The number of hydrogen-bond donors (Lipinski definition) is 12. The van der Waals surface area contributed by atoms with Crippen molar-refractivity contribution in [2.24, 2.45) is 23.1 Å². The lowest BCUT2D eigenvalue weighted by Crippen LogP contribution is -2.61. The lowest BCUT2D eigenvalue weighted by Gasteiger charge is -2.28. The Labute approximate surface area is 277 Å². The summed E-state index contributed by atoms with van der Waals surface area (Å²) in [5.41, 5.74) is 16.4. The summed E-state index contributed by atoms with van der Waals surface area (Å²) in [6, 6.07) is -8.79. The largest absolute Gasteiger partial charge is 0.481 e. The average molecular weight is 691 g/mol. The zero-order valence-electron chi connectivity index (χ0n) is 27.3. The smallest absolute Gasteiger partial charge is 0.328 e. The highest BCUT2D eigenvalue weighted by Gasteiger charge is 2.34. The Morgan fingerprint density at radius 2 is 1.15 bits per heavy atom. The van der Waals surface area contributed by atoms with Gasteiger partial charge in [-0.1, -0.05) is 13.8 Å². The SMILES string of the molecule is CC(C)[C@H](NC(=O)[C@H](CO)NC(=O)[C@H](CCCCN)NC(=O)[C@@H](N)CCC(N)=O)C(=O)N[C@@H](CCC(=O)O)C(=O)N[C@H](C(=O)O)[C@@H](C)O. The number of nitrogens with one attached hydrogen (secondary N) is 5. The second-order valence-corrected chi connectivity index (χ2v) is 11.5. The molecule has 0 aliphatic heterocycles. The van der Waals surface area contributed by atoms with Crippen molar-refractivity contribution in [2.45, 2.75) is 108 Å². The number of aliphatic hydroxyl groups excluding tert-OH is 2. The molecule has 0 fully saturated rings. The second-order valence-electron chi connectivity index (χ2n) is 11.5. The summed E-state index contributed by atoms with van der Waals surface area (Å²) in [4.78, 5) is 98.5. The predicted octanol–water partition coefficient (Wildman–Crippen LogP) is -4.89. The van der Waals surface area contributed by atoms with Crippen molar-refractivity contribution in [2.75, 3.05) is 13.2 Å². The molecule has 0 bridgehead atoms. The van der Waals surface area contributed by atoms with Gasteiger partial charge in [-0.25, -0.2) is 4.79 Å². The number of primary amides is 1. The first kappa shape index (κ1) is 43.6. The van der Waals surface area contributed by atoms with Crippen LogP contribution in [0.4, 0.5) is 0 Å². The van der Waals surface area contributed by atoms with Crippen LogP contribution in [0.1, 0.15) is 65.7 Å². The number of amides is 6. The molecule has 274 valence electrons. The van der Waals surface area contributed by atoms with Crippen LogP contribution in [0.15, 0.2) is 0 Å². The van der Waals surface area contributed by atoms with Crippen molar-refractivity contribution >= 4 is 47.4 Å². The Morgan fingerprint density at radius 1 is 0.646 bits per heavy atom. The lowest BCUT2D eigenvalue weighted by atomic mass is 10.0. The van der Waals surface area contributed by atoms with E-state index in [0.717, 1.165) is 6.92 Å². The Hall–Kier alpha value is -4.40. The van der Waals surface area contributed by atoms with Crippen molar-refractivity contribution in [1.29, 1.82) is 0 Å². The van der Waals surface area contributed by atoms with E-state index in [1.165, 1.54) is 13.8 Å². The Morgan fingerprint density at radius 3 is 1.62 bits per heavy atom. The maximum absolute atomic E-state index is 13.2. The normalized spacial score (nSPS) is 15.4. The van der Waals surface area contributed by atoms with Crippen LogP contribution < -0.4 is 43.8 Å². The van der Waals surface area contributed by atoms with Gasteiger partial charge >= 0.3 is 11.9 Å². The number of carbonyl (C=O) groups is 8. The molecule has 0 unspecified atom stereocenters. The second kappa shape index (κ2) is 22.2. The predicted molar refractivity (Wildman–Crippen MR) is 167 cm³/mol. The minimum atomic E-state index is -1.77. The number of nitrogens with two attached hydrogens (primary N) is 3. The van der Waals surface area contributed by atoms with Gasteiger partial charge in [0.2, 0.25) is 35.4 Å². The first-order valence-corrected chi connectivity index (χ1v) is 15.3. The quantitative estimate of drug-likeness (QED) is 0.0423. The number of hydrogen-bond acceptors (Lipinski definition) is 12. The first-order valence-electron chi connectivity index (χ1n) is 15.3. The zero-order chi connectivity index (χ0) is 37.1. The Bertz CT molecular complexity index is 1140. The molecule has 48 heavy (non-hydrogen) atoms. The van der Waals surface area contributed by atoms with Gasteiger partial charge < -0.3 is 64.2 Å². The minimum Gasteiger partial charge on any atom is -0.481 e. The van der Waals surface area contributed by atoms with Crippen molar-refractivity contribution in [3.8, 4) is 0 Å². The first-order chi connectivity index (χ1) is 22.4. The van der Waals surface area contributed by atoms with Gasteiger partial charge in [-0.05, 0) is 51.5 Å². The van der Waals surface area contributed by atoms with E-state index >= 15 is 0 Å². The molecule has 0 aliphatic rings. The topological polar surface area (TPSA) is 356 Å². The summed E-state index contributed by atoms with van der Waals surface area (Å²) in [7, 11) is 0. The summed E-state index contributed by atoms with van der Waals surface area (Å²) in [5, 5.41) is 49.4. The van der Waals surface area contributed by atoms with Gasteiger partial charge in [0.05, 0.1) is 18.8 Å². The Balaban J connectivity index is 5.85. The van der Waals surface area contributed by atoms with Crippen LogP contribution in [-0.2, 0) is 38.4 Å². The van der Waals surface area contributed by atoms with E-state index in [4.69, 9.17) is 22.3 Å². The number of aliphatic hydroxyl groups is 2. The number of aliphatic carboxylic acids is 2. The Kier molecular flexibility index (Phi) is 20.2. The number of carboxylic acid groups (broad SMARTS) is 2. The number of rotatable bonds is 24. The van der Waals surface area contributed by atoms with E-state index in [2.05, 4.69) is 21.3 Å². The van der Waals surface area contributed by atoms with Gasteiger partial charge in [-0.15, -0.1) is 0 Å². The maximum Gasteiger partial charge on any atom is 0.328 e. The van der Waals surface area contributed by atoms with Gasteiger partial charge in [0.1, 0.15) is 24.2 Å². The molecule has 15 N–H and O–H groups in total. The molecule has 0 heterocycles. The summed E-state index contributed by atoms with van der Waals surface area (Å²) in [6.07, 6.45) is -1.93. The van der Waals surface area contributed by atoms with E-state index in [9.17, 15) is 53.7 Å². The molecule has 0 saturated heterocycles. The molecule has 0 aliphatic carbocycles. The van der Waals surface area contributed by atoms with Crippen LogP contribution in [0.25, 0.3) is 0 Å². The molecule has 0 aromatic rings. The van der Waals surface area contributed by atoms with Gasteiger partial charge in [-0.3, -0.25) is 33.6 Å². The molecule has 6 amide bonds. The average Bonchev–Trinajstić information content (AvgIpc) is 3.00. The molecule has 0 spiro atoms. The van der Waals surface area contributed by atoms with Crippen molar-refractivity contribution in [1.82, 2.24) is 26.6 Å². The number of carboxylic acids is 2. The molecule has 20 nitrogen and oxygen atoms in total. The van der Waals surface area contributed by atoms with E-state index in [0.29, 0.717) is 19.4 Å². The fraction of sp³-hybridized carbons (Fsp3) is 0.714. The van der Waals surface area contributed by atoms with Crippen LogP contribution >= 0.6 is 0 Å². The van der Waals surface area contributed by atoms with Gasteiger partial charge in [0.25, 0.3) is 0 Å². The van der Waals surface area contributed by atoms with E-state index in [1.807, 2.05) is 5.32 Å². The van der Waals surface area contributed by atoms with E-state index in [-0.39, 0.29) is 19.3 Å². The standard InChI is InChI=1S/C28H50N8O12/c1-13(2)21(27(46)33-17(8-10-20(40)41)25(44)36-22(14(3)38)28(47)48)35-26(45)18(12-37)34-24(43)16(6-4-5-11-29)32-23(42)15(30)7-9-19(31)39/h13-18,21-22,37-38H,4-12,29-30H2,1-3H3,(H2,31,39)(H,32,42)(H,33,46)(H,34,43)(H,35,45)(H,36,44)(H,40,41)(H,47,48)/t14-,15+,16+,17+,18+,21+,22+/m1/s1. The third-order valence-electron chi connectivity index (χ3n) is 7.01. The maximum atomic E-state index is 13.2. The molecule has 0 aromatic carbocycles. The molecule has 0 aromatic heterocycles. The summed E-state index contributed by atoms with van der Waals surface area (Å²) >= 11 is 0. The third-order valence-corrected chi connectivity index (χ3v) is 7.01. The molecular weight excluding hydrogens is 640 g/mol.